The van der Waals surface area contributed by atoms with Gasteiger partial charge in [0.05, 0.1) is 19.0 Å². The Balaban J connectivity index is 0.00000235. The normalized spacial score (nSPS) is 21.0. The van der Waals surface area contributed by atoms with Crippen molar-refractivity contribution in [3.8, 4) is 5.19 Å². The van der Waals surface area contributed by atoms with Crippen molar-refractivity contribution < 1.29 is 24.1 Å². The van der Waals surface area contributed by atoms with Gasteiger partial charge in [-0.15, -0.1) is 0 Å². The first-order valence-corrected chi connectivity index (χ1v) is 14.6. The van der Waals surface area contributed by atoms with E-state index in [1.807, 2.05) is 13.8 Å². The Hall–Kier alpha value is -1.49. The van der Waals surface area contributed by atoms with E-state index in [2.05, 4.69) is 28.2 Å². The predicted octanol–water partition coefficient (Wildman–Crippen LogP) is 6.65. The topological polar surface area (TPSA) is 70.5 Å². The summed E-state index contributed by atoms with van der Waals surface area (Å²) in [5.41, 5.74) is 1.93. The van der Waals surface area contributed by atoms with Crippen molar-refractivity contribution in [2.24, 2.45) is 5.92 Å². The Morgan fingerprint density at radius 1 is 1.22 bits per heavy atom. The molecule has 1 fully saturated rings. The molecule has 1 aliphatic carbocycles. The first-order chi connectivity index (χ1) is 17.9. The van der Waals surface area contributed by atoms with Crippen LogP contribution >= 0.6 is 11.3 Å². The van der Waals surface area contributed by atoms with Crippen LogP contribution < -0.4 is 10.1 Å². The molecule has 3 rings (SSSR count). The lowest BCUT2D eigenvalue weighted by atomic mass is 9.84. The van der Waals surface area contributed by atoms with Gasteiger partial charge in [0.25, 0.3) is 5.19 Å². The maximum absolute atomic E-state index is 12.4. The molecule has 0 aromatic carbocycles. The number of nitrogens with zero attached hydrogens (tertiary/aromatic N) is 2. The van der Waals surface area contributed by atoms with Crippen molar-refractivity contribution in [1.82, 2.24) is 15.2 Å². The molecule has 1 saturated carbocycles. The van der Waals surface area contributed by atoms with Crippen LogP contribution in [0.1, 0.15) is 77.7 Å². The average molecular weight is 549 g/mol. The summed E-state index contributed by atoms with van der Waals surface area (Å²) in [6, 6.07) is 0.522. The van der Waals surface area contributed by atoms with E-state index in [9.17, 15) is 13.2 Å². The highest BCUT2D eigenvalue weighted by molar-refractivity contribution is 7.13. The van der Waals surface area contributed by atoms with Crippen LogP contribution in [0.4, 0.5) is 13.2 Å². The Kier molecular flexibility index (Phi) is 14.7. The Bertz CT molecular complexity index is 789. The van der Waals surface area contributed by atoms with Gasteiger partial charge in [-0.3, -0.25) is 5.32 Å². The highest BCUT2D eigenvalue weighted by Gasteiger charge is 2.30. The van der Waals surface area contributed by atoms with Crippen LogP contribution in [-0.4, -0.2) is 67.9 Å². The fourth-order valence-electron chi connectivity index (χ4n) is 4.77. The summed E-state index contributed by atoms with van der Waals surface area (Å²) in [6.45, 7) is 8.90. The third-order valence-corrected chi connectivity index (χ3v) is 7.87. The van der Waals surface area contributed by atoms with Gasteiger partial charge in [-0.2, -0.15) is 13.2 Å². The van der Waals surface area contributed by atoms with E-state index in [0.29, 0.717) is 19.4 Å². The lowest BCUT2D eigenvalue weighted by molar-refractivity contribution is -0.153. The van der Waals surface area contributed by atoms with Crippen LogP contribution in [0.25, 0.3) is 0 Å². The molecule has 214 valence electrons. The SMILES string of the molecule is CC.CC/C=C(\C=N)CCOCNC1CCC(CCN2CCc3nc(OCC(F)(F)F)sc3CC2)CC1.[HH]. The number of thiazole rings is 1. The van der Waals surface area contributed by atoms with Crippen LogP contribution in [0.15, 0.2) is 11.6 Å². The zero-order chi connectivity index (χ0) is 27.1. The molecule has 0 atom stereocenters. The van der Waals surface area contributed by atoms with Crippen molar-refractivity contribution in [3.63, 3.8) is 0 Å². The molecule has 2 aliphatic rings. The molecule has 2 N–H and O–H groups in total. The lowest BCUT2D eigenvalue weighted by Gasteiger charge is -2.30. The molecular formula is C27H47F3N4O2S. The summed E-state index contributed by atoms with van der Waals surface area (Å²) in [6.07, 6.45) is 8.50. The Morgan fingerprint density at radius 3 is 2.62 bits per heavy atom. The molecule has 2 heterocycles. The van der Waals surface area contributed by atoms with E-state index < -0.39 is 12.8 Å². The van der Waals surface area contributed by atoms with E-state index in [1.165, 1.54) is 49.7 Å². The second-order valence-corrected chi connectivity index (χ2v) is 10.5. The summed E-state index contributed by atoms with van der Waals surface area (Å²) >= 11 is 1.26. The number of aromatic nitrogens is 1. The average Bonchev–Trinajstić information content (AvgIpc) is 3.20. The Labute approximate surface area is 226 Å². The van der Waals surface area contributed by atoms with Crippen LogP contribution in [0.2, 0.25) is 0 Å². The standard InChI is InChI=1S/C25H39F3N4O2S.C2H6.H2/c1-2-3-20(16-29)11-15-33-18-30-21-6-4-19(5-7-21)8-12-32-13-9-22-23(10-14-32)35-24(31-22)34-17-25(26,27)28;1-2;/h3,16,19,21,29-30H,2,4-15,17-18H2,1H3;1-2H3;1H/b20-3-,29-16?;;. The van der Waals surface area contributed by atoms with Gasteiger partial charge < -0.3 is 19.8 Å². The number of hydrogen-bond donors (Lipinski definition) is 2. The Morgan fingerprint density at radius 2 is 1.95 bits per heavy atom. The van der Waals surface area contributed by atoms with Gasteiger partial charge >= 0.3 is 6.18 Å². The number of fused-ring (bicyclic) bond motifs is 1. The minimum Gasteiger partial charge on any atom is -0.460 e. The van der Waals surface area contributed by atoms with E-state index in [0.717, 1.165) is 67.4 Å². The number of nitrogens with one attached hydrogen (secondary N) is 2. The van der Waals surface area contributed by atoms with Gasteiger partial charge in [0, 0.05) is 38.1 Å². The van der Waals surface area contributed by atoms with Crippen molar-refractivity contribution in [1.29, 1.82) is 5.41 Å². The molecule has 0 radical (unpaired) electrons. The predicted molar refractivity (Wildman–Crippen MR) is 147 cm³/mol. The van der Waals surface area contributed by atoms with Crippen molar-refractivity contribution in [2.45, 2.75) is 90.8 Å². The largest absolute Gasteiger partial charge is 0.460 e. The number of allylic oxidation sites excluding steroid dienone is 1. The van der Waals surface area contributed by atoms with Gasteiger partial charge in [0.15, 0.2) is 6.61 Å². The number of ether oxygens (including phenoxy) is 2. The number of rotatable bonds is 13. The molecule has 6 nitrogen and oxygen atoms in total. The monoisotopic (exact) mass is 548 g/mol. The minimum absolute atomic E-state index is 0. The van der Waals surface area contributed by atoms with Gasteiger partial charge in [-0.1, -0.05) is 38.2 Å². The minimum atomic E-state index is -4.33. The summed E-state index contributed by atoms with van der Waals surface area (Å²) in [7, 11) is 0. The fraction of sp³-hybridized carbons (Fsp3) is 0.778. The van der Waals surface area contributed by atoms with Crippen molar-refractivity contribution in [2.75, 3.05) is 39.6 Å². The van der Waals surface area contributed by atoms with Crippen molar-refractivity contribution >= 4 is 17.6 Å². The molecule has 0 amide bonds. The summed E-state index contributed by atoms with van der Waals surface area (Å²) in [5, 5.41) is 11.1. The molecule has 0 spiro atoms. The zero-order valence-corrected chi connectivity index (χ0v) is 23.5. The summed E-state index contributed by atoms with van der Waals surface area (Å²) in [5.74, 6) is 0.751. The number of halogens is 3. The lowest BCUT2D eigenvalue weighted by Crippen LogP contribution is -2.36. The highest BCUT2D eigenvalue weighted by Crippen LogP contribution is 2.31. The van der Waals surface area contributed by atoms with Crippen molar-refractivity contribution in [3.05, 3.63) is 22.2 Å². The molecule has 10 heteroatoms. The molecule has 1 aromatic heterocycles. The smallest absolute Gasteiger partial charge is 0.422 e. The van der Waals surface area contributed by atoms with E-state index in [-0.39, 0.29) is 6.62 Å². The zero-order valence-electron chi connectivity index (χ0n) is 22.7. The molecule has 1 aliphatic heterocycles. The van der Waals surface area contributed by atoms with Crippen LogP contribution in [0, 0.1) is 11.3 Å². The first-order valence-electron chi connectivity index (χ1n) is 13.8. The van der Waals surface area contributed by atoms with E-state index in [4.69, 9.17) is 14.9 Å². The maximum atomic E-state index is 12.4. The van der Waals surface area contributed by atoms with Crippen LogP contribution in [0.3, 0.4) is 0 Å². The highest BCUT2D eigenvalue weighted by atomic mass is 32.1. The molecule has 0 unspecified atom stereocenters. The molecule has 1 aromatic rings. The van der Waals surface area contributed by atoms with Gasteiger partial charge in [0.2, 0.25) is 0 Å². The van der Waals surface area contributed by atoms with E-state index >= 15 is 0 Å². The second kappa shape index (κ2) is 17.2. The summed E-state index contributed by atoms with van der Waals surface area (Å²) < 4.78 is 47.7. The maximum Gasteiger partial charge on any atom is 0.422 e. The fourth-order valence-corrected chi connectivity index (χ4v) is 5.71. The number of hydrogen-bond acceptors (Lipinski definition) is 7. The molecule has 37 heavy (non-hydrogen) atoms. The van der Waals surface area contributed by atoms with Crippen LogP contribution in [0.5, 0.6) is 5.19 Å². The first kappa shape index (κ1) is 31.7. The third kappa shape index (κ3) is 12.3. The van der Waals surface area contributed by atoms with Crippen LogP contribution in [-0.2, 0) is 17.6 Å². The third-order valence-electron chi connectivity index (χ3n) is 6.80. The quantitative estimate of drug-likeness (QED) is 0.164. The van der Waals surface area contributed by atoms with Gasteiger partial charge in [-0.25, -0.2) is 4.98 Å². The molecular weight excluding hydrogens is 501 g/mol. The van der Waals surface area contributed by atoms with Gasteiger partial charge in [0.1, 0.15) is 0 Å². The summed E-state index contributed by atoms with van der Waals surface area (Å²) in [4.78, 5) is 7.84. The van der Waals surface area contributed by atoms with Gasteiger partial charge in [-0.05, 0) is 69.4 Å². The number of alkyl halides is 3. The molecule has 0 bridgehead atoms. The second-order valence-electron chi connectivity index (χ2n) is 9.44. The molecule has 0 saturated heterocycles. The van der Waals surface area contributed by atoms with E-state index in [1.54, 1.807) is 0 Å².